The van der Waals surface area contributed by atoms with Gasteiger partial charge in [0.1, 0.15) is 35.6 Å². The van der Waals surface area contributed by atoms with Crippen LogP contribution in [-0.4, -0.2) is 34.6 Å². The number of nitrogens with one attached hydrogen (secondary N) is 2. The number of hydroxylamine groups is 1. The minimum Gasteiger partial charge on any atom is -0.496 e. The van der Waals surface area contributed by atoms with Crippen LogP contribution >= 0.6 is 11.6 Å². The van der Waals surface area contributed by atoms with E-state index >= 15 is 0 Å². The summed E-state index contributed by atoms with van der Waals surface area (Å²) >= 11 is 5.93. The molecule has 10 heteroatoms. The minimum absolute atomic E-state index is 0.0153. The zero-order valence-corrected chi connectivity index (χ0v) is 21.4. The van der Waals surface area contributed by atoms with Crippen molar-refractivity contribution in [3.05, 3.63) is 65.4 Å². The van der Waals surface area contributed by atoms with Crippen molar-refractivity contribution in [2.24, 2.45) is 0 Å². The monoisotopic (exact) mass is 536 g/mol. The normalized spacial score (nSPS) is 16.2. The summed E-state index contributed by atoms with van der Waals surface area (Å²) in [7, 11) is 1.59. The number of methoxy groups -OCH3 is 1. The molecule has 5 rings (SSSR count). The summed E-state index contributed by atoms with van der Waals surface area (Å²) in [4.78, 5) is 8.73. The first kappa shape index (κ1) is 25.9. The molecule has 38 heavy (non-hydrogen) atoms. The molecular weight excluding hydrogens is 511 g/mol. The van der Waals surface area contributed by atoms with E-state index in [2.05, 4.69) is 32.6 Å². The van der Waals surface area contributed by atoms with Crippen LogP contribution in [0.25, 0.3) is 22.2 Å². The number of benzene rings is 2. The number of hydrogen-bond acceptors (Lipinski definition) is 8. The van der Waals surface area contributed by atoms with Gasteiger partial charge < -0.3 is 24.4 Å². The van der Waals surface area contributed by atoms with Gasteiger partial charge in [0.15, 0.2) is 12.0 Å². The number of halogens is 2. The Labute approximate surface area is 224 Å². The highest BCUT2D eigenvalue weighted by Gasteiger charge is 2.37. The lowest BCUT2D eigenvalue weighted by Gasteiger charge is -2.12. The van der Waals surface area contributed by atoms with Crippen LogP contribution < -0.4 is 15.5 Å². The van der Waals surface area contributed by atoms with Gasteiger partial charge in [-0.1, -0.05) is 30.4 Å². The van der Waals surface area contributed by atoms with Crippen LogP contribution in [0, 0.1) is 17.7 Å². The largest absolute Gasteiger partial charge is 0.496 e. The van der Waals surface area contributed by atoms with Gasteiger partial charge in [0.05, 0.1) is 23.2 Å². The summed E-state index contributed by atoms with van der Waals surface area (Å²) in [5, 5.41) is 12.7. The highest BCUT2D eigenvalue weighted by atomic mass is 35.5. The number of furan rings is 1. The van der Waals surface area contributed by atoms with Gasteiger partial charge in [-0.25, -0.2) is 14.4 Å². The van der Waals surface area contributed by atoms with Crippen molar-refractivity contribution >= 4 is 34.0 Å². The summed E-state index contributed by atoms with van der Waals surface area (Å²) in [5.74, 6) is 8.05. The highest BCUT2D eigenvalue weighted by Crippen LogP contribution is 2.37. The molecule has 0 spiro atoms. The molecule has 0 radical (unpaired) electrons. The van der Waals surface area contributed by atoms with Crippen molar-refractivity contribution in [2.45, 2.75) is 44.4 Å². The zero-order chi connectivity index (χ0) is 26.5. The van der Waals surface area contributed by atoms with Gasteiger partial charge in [-0.15, -0.1) is 0 Å². The summed E-state index contributed by atoms with van der Waals surface area (Å²) in [6, 6.07) is 11.8. The zero-order valence-electron chi connectivity index (χ0n) is 20.6. The predicted octanol–water partition coefficient (Wildman–Crippen LogP) is 6.44. The maximum Gasteiger partial charge on any atom is 0.177 e. The van der Waals surface area contributed by atoms with Crippen LogP contribution in [0.15, 0.2) is 53.2 Å². The van der Waals surface area contributed by atoms with Crippen LogP contribution in [-0.2, 0) is 4.74 Å². The van der Waals surface area contributed by atoms with Gasteiger partial charge in [0.2, 0.25) is 0 Å². The van der Waals surface area contributed by atoms with Crippen molar-refractivity contribution in [3.8, 4) is 28.9 Å². The van der Waals surface area contributed by atoms with Gasteiger partial charge >= 0.3 is 0 Å². The smallest absolute Gasteiger partial charge is 0.177 e. The molecule has 196 valence electrons. The van der Waals surface area contributed by atoms with Gasteiger partial charge in [-0.3, -0.25) is 0 Å². The Kier molecular flexibility index (Phi) is 8.05. The molecule has 4 aromatic rings. The Bertz CT molecular complexity index is 1500. The molecule has 1 saturated heterocycles. The second-order valence-electron chi connectivity index (χ2n) is 8.84. The molecule has 3 N–H and O–H groups in total. The molecule has 1 aliphatic rings. The lowest BCUT2D eigenvalue weighted by atomic mass is 10.1. The predicted molar refractivity (Wildman–Crippen MR) is 142 cm³/mol. The summed E-state index contributed by atoms with van der Waals surface area (Å²) < 4.78 is 30.4. The fraction of sp³-hybridized carbons (Fsp3) is 0.286. The highest BCUT2D eigenvalue weighted by molar-refractivity contribution is 6.31. The summed E-state index contributed by atoms with van der Waals surface area (Å²) in [5.41, 5.74) is 4.11. The fourth-order valence-electron chi connectivity index (χ4n) is 4.17. The molecule has 0 bridgehead atoms. The molecule has 1 aliphatic heterocycles. The third kappa shape index (κ3) is 6.06. The van der Waals surface area contributed by atoms with E-state index in [0.29, 0.717) is 34.3 Å². The average Bonchev–Trinajstić information content (AvgIpc) is 3.53. The van der Waals surface area contributed by atoms with E-state index in [9.17, 15) is 4.39 Å². The lowest BCUT2D eigenvalue weighted by molar-refractivity contribution is 0.119. The van der Waals surface area contributed by atoms with Crippen LogP contribution in [0.3, 0.4) is 0 Å². The number of nitrogens with zero attached hydrogens (tertiary/aromatic N) is 2. The third-order valence-electron chi connectivity index (χ3n) is 6.22. The molecule has 2 aromatic carbocycles. The quantitative estimate of drug-likeness (QED) is 0.0920. The van der Waals surface area contributed by atoms with Crippen LogP contribution in [0.1, 0.15) is 37.9 Å². The van der Waals surface area contributed by atoms with Gasteiger partial charge in [-0.2, -0.15) is 5.48 Å². The average molecular weight is 537 g/mol. The Hall–Kier alpha value is -3.68. The number of unbranched alkanes of at least 4 members (excludes halogenated alkanes) is 3. The number of fused-ring (bicyclic) bond motifs is 1. The minimum atomic E-state index is -0.494. The Balaban J connectivity index is 1.29. The number of epoxide rings is 1. The maximum absolute atomic E-state index is 13.6. The molecule has 2 aromatic heterocycles. The van der Waals surface area contributed by atoms with Crippen molar-refractivity contribution in [1.29, 1.82) is 0 Å². The molecule has 0 amide bonds. The van der Waals surface area contributed by atoms with E-state index in [-0.39, 0.29) is 17.4 Å². The first-order valence-corrected chi connectivity index (χ1v) is 12.6. The number of aromatic nitrogens is 2. The molecule has 0 saturated carbocycles. The molecular formula is C28H26ClFN4O4. The van der Waals surface area contributed by atoms with Crippen molar-refractivity contribution in [3.63, 3.8) is 0 Å². The third-order valence-corrected chi connectivity index (χ3v) is 6.51. The van der Waals surface area contributed by atoms with E-state index in [1.165, 1.54) is 18.5 Å². The standard InChI is InChI=1S/C28H26ClFN4O4/c1-36-26-15-23-19(27(32-16-31-23)33-17-9-11-22(30)21(29)13-17)14-20(26)24-12-10-18(37-24)7-5-3-2-4-6-8-25-28(34-35)38-25/h9-16,25,28,34-35H,2-4,6,8H2,1H3,(H,31,32,33). The van der Waals surface area contributed by atoms with E-state index < -0.39 is 5.82 Å². The van der Waals surface area contributed by atoms with E-state index in [1.54, 1.807) is 13.2 Å². The molecule has 2 atom stereocenters. The van der Waals surface area contributed by atoms with Crippen molar-refractivity contribution in [2.75, 3.05) is 12.4 Å². The fourth-order valence-corrected chi connectivity index (χ4v) is 4.35. The molecule has 1 fully saturated rings. The Morgan fingerprint density at radius 3 is 2.82 bits per heavy atom. The summed E-state index contributed by atoms with van der Waals surface area (Å²) in [6.45, 7) is 0. The molecule has 8 nitrogen and oxygen atoms in total. The van der Waals surface area contributed by atoms with E-state index in [4.69, 9.17) is 30.7 Å². The van der Waals surface area contributed by atoms with Crippen LogP contribution in [0.4, 0.5) is 15.9 Å². The number of rotatable bonds is 10. The van der Waals surface area contributed by atoms with Gasteiger partial charge in [-0.05, 0) is 55.2 Å². The van der Waals surface area contributed by atoms with Crippen molar-refractivity contribution in [1.82, 2.24) is 15.4 Å². The van der Waals surface area contributed by atoms with Crippen LogP contribution in [0.5, 0.6) is 5.75 Å². The first-order valence-electron chi connectivity index (χ1n) is 12.2. The van der Waals surface area contributed by atoms with E-state index in [1.807, 2.05) is 24.3 Å². The number of ether oxygens (including phenoxy) is 2. The first-order chi connectivity index (χ1) is 18.6. The lowest BCUT2D eigenvalue weighted by Crippen LogP contribution is -2.13. The Morgan fingerprint density at radius 1 is 1.13 bits per heavy atom. The van der Waals surface area contributed by atoms with Crippen molar-refractivity contribution < 1.29 is 23.5 Å². The molecule has 2 unspecified atom stereocenters. The summed E-state index contributed by atoms with van der Waals surface area (Å²) in [6.07, 6.45) is 6.13. The molecule has 3 heterocycles. The van der Waals surface area contributed by atoms with Crippen LogP contribution in [0.2, 0.25) is 5.02 Å². The second-order valence-corrected chi connectivity index (χ2v) is 9.24. The molecule has 0 aliphatic carbocycles. The SMILES string of the molecule is COc1cc2ncnc(Nc3ccc(F)c(Cl)c3)c2cc1-c1ccc(C#CCCCCCC2OC2NO)o1. The maximum atomic E-state index is 13.6. The number of anilines is 2. The van der Waals surface area contributed by atoms with Gasteiger partial charge in [0.25, 0.3) is 0 Å². The number of hydrogen-bond donors (Lipinski definition) is 3. The Morgan fingerprint density at radius 2 is 2.03 bits per heavy atom. The second kappa shape index (κ2) is 11.8. The van der Waals surface area contributed by atoms with E-state index in [0.717, 1.165) is 43.1 Å². The topological polar surface area (TPSA) is 105 Å². The van der Waals surface area contributed by atoms with Gasteiger partial charge in [0, 0.05) is 23.6 Å².